The summed E-state index contributed by atoms with van der Waals surface area (Å²) >= 11 is 0. The number of hydrogen-bond acceptors (Lipinski definition) is 3. The van der Waals surface area contributed by atoms with Crippen molar-refractivity contribution in [2.24, 2.45) is 0 Å². The summed E-state index contributed by atoms with van der Waals surface area (Å²) < 4.78 is 0. The largest absolute Gasteiger partial charge is 0.480 e. The molecule has 0 bridgehead atoms. The Morgan fingerprint density at radius 3 is 2.43 bits per heavy atom. The second-order valence-electron chi connectivity index (χ2n) is 3.02. The average Bonchev–Trinajstić information content (AvgIpc) is 2.15. The molecule has 0 saturated heterocycles. The van der Waals surface area contributed by atoms with Crippen molar-refractivity contribution in [1.29, 1.82) is 0 Å². The molecule has 0 aromatic heterocycles. The molecular weight excluding hydrogens is 181 g/mol. The minimum absolute atomic E-state index is 0.626. The first-order valence-corrected chi connectivity index (χ1v) is 4.33. The molecule has 14 heavy (non-hydrogen) atoms. The smallest absolute Gasteiger partial charge is 0.374 e. The summed E-state index contributed by atoms with van der Waals surface area (Å²) in [7, 11) is -0.851. The zero-order valence-electron chi connectivity index (χ0n) is 7.84. The van der Waals surface area contributed by atoms with Crippen molar-refractivity contribution in [2.75, 3.05) is 0 Å². The molecule has 0 aliphatic rings. The van der Waals surface area contributed by atoms with Crippen molar-refractivity contribution >= 4 is 13.0 Å². The van der Waals surface area contributed by atoms with Crippen LogP contribution in [0.5, 0.6) is 0 Å². The minimum atomic E-state index is -1.00. The number of carboxylic acid groups (broad SMARTS) is 1. The van der Waals surface area contributed by atoms with Gasteiger partial charge in [-0.25, -0.2) is 0 Å². The lowest BCUT2D eigenvalue weighted by molar-refractivity contribution is -0.139. The molecule has 4 nitrogen and oxygen atoms in total. The van der Waals surface area contributed by atoms with Crippen LogP contribution in [0, 0.1) is 0 Å². The first-order valence-electron chi connectivity index (χ1n) is 4.33. The van der Waals surface area contributed by atoms with E-state index in [4.69, 9.17) is 10.1 Å². The quantitative estimate of drug-likeness (QED) is 0.609. The predicted octanol–water partition coefficient (Wildman–Crippen LogP) is 0.512. The molecule has 5 heteroatoms. The lowest BCUT2D eigenvalue weighted by Gasteiger charge is -2.14. The van der Waals surface area contributed by atoms with Crippen molar-refractivity contribution in [3.05, 3.63) is 35.9 Å². The van der Waals surface area contributed by atoms with Gasteiger partial charge in [0, 0.05) is 0 Å². The molecule has 1 aromatic carbocycles. The van der Waals surface area contributed by atoms with Crippen molar-refractivity contribution in [3.63, 3.8) is 0 Å². The van der Waals surface area contributed by atoms with Gasteiger partial charge in [0.15, 0.2) is 0 Å². The van der Waals surface area contributed by atoms with E-state index < -0.39 is 19.1 Å². The normalized spacial score (nSPS) is 12.1. The Morgan fingerprint density at radius 1 is 1.43 bits per heavy atom. The second-order valence-corrected chi connectivity index (χ2v) is 3.02. The van der Waals surface area contributed by atoms with Crippen molar-refractivity contribution in [3.8, 4) is 0 Å². The van der Waals surface area contributed by atoms with Crippen LogP contribution in [0.4, 0.5) is 0 Å². The highest BCUT2D eigenvalue weighted by molar-refractivity contribution is 6.45. The first kappa shape index (κ1) is 10.8. The highest BCUT2D eigenvalue weighted by atomic mass is 16.4. The first-order chi connectivity index (χ1) is 6.61. The molecule has 1 aromatic rings. The maximum Gasteiger partial charge on any atom is 0.374 e. The van der Waals surface area contributed by atoms with E-state index in [1.807, 2.05) is 6.07 Å². The summed E-state index contributed by atoms with van der Waals surface area (Å²) in [5, 5.41) is 20.5. The minimum Gasteiger partial charge on any atom is -0.480 e. The molecule has 0 radical (unpaired) electrons. The van der Waals surface area contributed by atoms with Crippen molar-refractivity contribution < 1.29 is 14.9 Å². The van der Waals surface area contributed by atoms with Gasteiger partial charge in [-0.1, -0.05) is 30.3 Å². The highest BCUT2D eigenvalue weighted by Gasteiger charge is 2.21. The average molecular weight is 193 g/mol. The van der Waals surface area contributed by atoms with Gasteiger partial charge < -0.3 is 15.4 Å². The Kier molecular flexibility index (Phi) is 3.68. The summed E-state index contributed by atoms with van der Waals surface area (Å²) in [6.45, 7) is 1.48. The van der Waals surface area contributed by atoms with Gasteiger partial charge in [0.2, 0.25) is 0 Å². The maximum atomic E-state index is 10.9. The Balaban J connectivity index is 2.84. The molecule has 0 saturated carbocycles. The SMILES string of the molecule is CB(O)NC(C(=O)O)c1ccccc1. The maximum absolute atomic E-state index is 10.9. The van der Waals surface area contributed by atoms with Crippen LogP contribution in [0.25, 0.3) is 0 Å². The van der Waals surface area contributed by atoms with Gasteiger partial charge >= 0.3 is 13.0 Å². The van der Waals surface area contributed by atoms with E-state index in [1.54, 1.807) is 24.3 Å². The highest BCUT2D eigenvalue weighted by Crippen LogP contribution is 2.12. The molecule has 1 atom stereocenters. The summed E-state index contributed by atoms with van der Waals surface area (Å²) in [5.74, 6) is -1.00. The summed E-state index contributed by atoms with van der Waals surface area (Å²) in [5.41, 5.74) is 0.626. The molecular formula is C9H12BNO3. The van der Waals surface area contributed by atoms with E-state index in [-0.39, 0.29) is 0 Å². The Hall–Kier alpha value is -1.33. The topological polar surface area (TPSA) is 69.6 Å². The van der Waals surface area contributed by atoms with Crippen LogP contribution in [-0.4, -0.2) is 23.2 Å². The van der Waals surface area contributed by atoms with E-state index in [0.717, 1.165) is 0 Å². The van der Waals surface area contributed by atoms with Crippen LogP contribution in [0.15, 0.2) is 30.3 Å². The number of hydrogen-bond donors (Lipinski definition) is 3. The molecule has 1 unspecified atom stereocenters. The molecule has 3 N–H and O–H groups in total. The zero-order valence-corrected chi connectivity index (χ0v) is 7.84. The van der Waals surface area contributed by atoms with E-state index >= 15 is 0 Å². The van der Waals surface area contributed by atoms with E-state index in [9.17, 15) is 4.79 Å². The third-order valence-corrected chi connectivity index (χ3v) is 1.79. The lowest BCUT2D eigenvalue weighted by Crippen LogP contribution is -2.38. The van der Waals surface area contributed by atoms with E-state index in [0.29, 0.717) is 5.56 Å². The Labute approximate surface area is 82.7 Å². The Bertz CT molecular complexity index is 302. The number of carboxylic acids is 1. The van der Waals surface area contributed by atoms with E-state index in [2.05, 4.69) is 5.23 Å². The van der Waals surface area contributed by atoms with Gasteiger partial charge in [-0.05, 0) is 12.4 Å². The van der Waals surface area contributed by atoms with Crippen LogP contribution in [0.2, 0.25) is 6.82 Å². The fourth-order valence-corrected chi connectivity index (χ4v) is 1.20. The third kappa shape index (κ3) is 2.87. The number of rotatable bonds is 4. The molecule has 1 rings (SSSR count). The number of aliphatic carboxylic acids is 1. The van der Waals surface area contributed by atoms with Gasteiger partial charge in [-0.15, -0.1) is 0 Å². The fourth-order valence-electron chi connectivity index (χ4n) is 1.20. The van der Waals surface area contributed by atoms with Crippen LogP contribution < -0.4 is 5.23 Å². The number of carbonyl (C=O) groups is 1. The summed E-state index contributed by atoms with van der Waals surface area (Å²) in [4.78, 5) is 10.9. The molecule has 0 amide bonds. The molecule has 0 aliphatic heterocycles. The predicted molar refractivity (Wildman–Crippen MR) is 53.8 cm³/mol. The van der Waals surface area contributed by atoms with Crippen molar-refractivity contribution in [2.45, 2.75) is 12.9 Å². The number of nitrogens with one attached hydrogen (secondary N) is 1. The van der Waals surface area contributed by atoms with Crippen LogP contribution >= 0.6 is 0 Å². The molecule has 0 fully saturated rings. The van der Waals surface area contributed by atoms with Gasteiger partial charge in [-0.2, -0.15) is 0 Å². The van der Waals surface area contributed by atoms with Gasteiger partial charge in [0.05, 0.1) is 0 Å². The lowest BCUT2D eigenvalue weighted by atomic mass is 9.86. The van der Waals surface area contributed by atoms with Crippen LogP contribution in [0.1, 0.15) is 11.6 Å². The summed E-state index contributed by atoms with van der Waals surface area (Å²) in [6.07, 6.45) is 0. The second kappa shape index (κ2) is 4.78. The summed E-state index contributed by atoms with van der Waals surface area (Å²) in [6, 6.07) is 7.87. The van der Waals surface area contributed by atoms with Gasteiger partial charge in [0.1, 0.15) is 6.04 Å². The molecule has 0 heterocycles. The Morgan fingerprint density at radius 2 is 2.00 bits per heavy atom. The standard InChI is InChI=1S/C9H12BNO3/c1-10(14)11-8(9(12)13)7-5-3-2-4-6-7/h2-6,8,11,14H,1H3,(H,12,13). The van der Waals surface area contributed by atoms with Crippen LogP contribution in [-0.2, 0) is 4.79 Å². The van der Waals surface area contributed by atoms with Gasteiger partial charge in [0.25, 0.3) is 0 Å². The third-order valence-electron chi connectivity index (χ3n) is 1.79. The molecule has 0 spiro atoms. The molecule has 74 valence electrons. The molecule has 0 aliphatic carbocycles. The zero-order chi connectivity index (χ0) is 10.6. The van der Waals surface area contributed by atoms with Gasteiger partial charge in [-0.3, -0.25) is 4.79 Å². The monoisotopic (exact) mass is 193 g/mol. The fraction of sp³-hybridized carbons (Fsp3) is 0.222. The van der Waals surface area contributed by atoms with Crippen LogP contribution in [0.3, 0.4) is 0 Å². The van der Waals surface area contributed by atoms with Crippen molar-refractivity contribution in [1.82, 2.24) is 5.23 Å². The van der Waals surface area contributed by atoms with E-state index in [1.165, 1.54) is 6.82 Å². The number of benzene rings is 1.